The van der Waals surface area contributed by atoms with Crippen molar-refractivity contribution in [2.24, 2.45) is 29.6 Å². The molecule has 3 aliphatic rings. The fourth-order valence-corrected chi connectivity index (χ4v) is 4.00. The van der Waals surface area contributed by atoms with Crippen LogP contribution in [0.15, 0.2) is 11.6 Å². The monoisotopic (exact) mass is 261 g/mol. The zero-order valence-corrected chi connectivity index (χ0v) is 12.6. The molecule has 2 nitrogen and oxygen atoms in total. The van der Waals surface area contributed by atoms with Gasteiger partial charge in [-0.2, -0.15) is 0 Å². The number of hydrogen-bond acceptors (Lipinski definition) is 1. The molecule has 0 spiro atoms. The van der Waals surface area contributed by atoms with Gasteiger partial charge in [-0.05, 0) is 62.7 Å². The van der Waals surface area contributed by atoms with Crippen molar-refractivity contribution in [1.29, 1.82) is 0 Å². The highest BCUT2D eigenvalue weighted by Crippen LogP contribution is 2.51. The molecule has 0 radical (unpaired) electrons. The Bertz CT molecular complexity index is 396. The first kappa shape index (κ1) is 13.2. The Morgan fingerprint density at radius 3 is 2.74 bits per heavy atom. The third-order valence-electron chi connectivity index (χ3n) is 5.45. The van der Waals surface area contributed by atoms with E-state index in [1.165, 1.54) is 19.3 Å². The molecule has 19 heavy (non-hydrogen) atoms. The lowest BCUT2D eigenvalue weighted by molar-refractivity contribution is -0.131. The number of hydrogen-bond donors (Lipinski definition) is 0. The molecule has 106 valence electrons. The fraction of sp³-hybridized carbons (Fsp3) is 0.824. The van der Waals surface area contributed by atoms with Crippen LogP contribution in [0.1, 0.15) is 46.0 Å². The lowest BCUT2D eigenvalue weighted by Gasteiger charge is -2.28. The molecule has 0 aromatic carbocycles. The van der Waals surface area contributed by atoms with Gasteiger partial charge in [0.1, 0.15) is 0 Å². The summed E-state index contributed by atoms with van der Waals surface area (Å²) in [4.78, 5) is 14.0. The van der Waals surface area contributed by atoms with Crippen molar-refractivity contribution < 1.29 is 4.79 Å². The van der Waals surface area contributed by atoms with Crippen LogP contribution in [0.2, 0.25) is 0 Å². The van der Waals surface area contributed by atoms with E-state index in [0.29, 0.717) is 11.8 Å². The molecule has 0 aromatic rings. The van der Waals surface area contributed by atoms with Crippen LogP contribution in [-0.2, 0) is 4.79 Å². The number of amides is 1. The normalized spacial score (nSPS) is 37.7. The molecule has 2 saturated carbocycles. The number of rotatable bonds is 4. The lowest BCUT2D eigenvalue weighted by Crippen LogP contribution is -2.31. The average Bonchev–Trinajstić information content (AvgIpc) is 3.22. The molecule has 4 atom stereocenters. The number of allylic oxidation sites excluding steroid dienone is 2. The topological polar surface area (TPSA) is 20.3 Å². The first-order valence-corrected chi connectivity index (χ1v) is 7.97. The second-order valence-electron chi connectivity index (χ2n) is 7.28. The zero-order valence-electron chi connectivity index (χ0n) is 12.6. The van der Waals surface area contributed by atoms with E-state index >= 15 is 0 Å². The Hall–Kier alpha value is -0.790. The minimum atomic E-state index is 0.376. The number of carbonyl (C=O) groups is 1. The van der Waals surface area contributed by atoms with Crippen molar-refractivity contribution in [3.05, 3.63) is 11.6 Å². The van der Waals surface area contributed by atoms with Gasteiger partial charge in [0.2, 0.25) is 5.91 Å². The molecular weight excluding hydrogens is 234 g/mol. The SMILES string of the molecule is CC1=CCC(C2CC2CN(C)C(=O)C2CC2)C(C)C1. The maximum Gasteiger partial charge on any atom is 0.225 e. The highest BCUT2D eigenvalue weighted by molar-refractivity contribution is 5.80. The molecular formula is C17H27NO. The average molecular weight is 261 g/mol. The van der Waals surface area contributed by atoms with Crippen molar-refractivity contribution >= 4 is 5.91 Å². The summed E-state index contributed by atoms with van der Waals surface area (Å²) in [6, 6.07) is 0. The first-order valence-electron chi connectivity index (χ1n) is 7.97. The molecule has 0 aliphatic heterocycles. The Balaban J connectivity index is 1.49. The largest absolute Gasteiger partial charge is 0.345 e. The van der Waals surface area contributed by atoms with Gasteiger partial charge in [0.25, 0.3) is 0 Å². The maximum atomic E-state index is 12.0. The quantitative estimate of drug-likeness (QED) is 0.709. The summed E-state index contributed by atoms with van der Waals surface area (Å²) in [7, 11) is 2.00. The van der Waals surface area contributed by atoms with Crippen LogP contribution in [0.25, 0.3) is 0 Å². The van der Waals surface area contributed by atoms with E-state index < -0.39 is 0 Å². The van der Waals surface area contributed by atoms with Crippen LogP contribution < -0.4 is 0 Å². The van der Waals surface area contributed by atoms with Crippen molar-refractivity contribution in [1.82, 2.24) is 4.90 Å². The molecule has 0 saturated heterocycles. The predicted molar refractivity (Wildman–Crippen MR) is 77.6 cm³/mol. The second kappa shape index (κ2) is 4.96. The van der Waals surface area contributed by atoms with Gasteiger partial charge < -0.3 is 4.90 Å². The molecule has 4 unspecified atom stereocenters. The highest BCUT2D eigenvalue weighted by Gasteiger charge is 2.46. The molecule has 0 heterocycles. The van der Waals surface area contributed by atoms with Crippen LogP contribution in [0.3, 0.4) is 0 Å². The summed E-state index contributed by atoms with van der Waals surface area (Å²) in [5.41, 5.74) is 1.57. The van der Waals surface area contributed by atoms with Crippen molar-refractivity contribution in [3.8, 4) is 0 Å². The summed E-state index contributed by atoms with van der Waals surface area (Å²) in [5, 5.41) is 0. The third kappa shape index (κ3) is 2.88. The van der Waals surface area contributed by atoms with Crippen molar-refractivity contribution in [2.45, 2.75) is 46.0 Å². The predicted octanol–water partition coefficient (Wildman–Crippen LogP) is 3.48. The summed E-state index contributed by atoms with van der Waals surface area (Å²) in [5.74, 6) is 4.16. The van der Waals surface area contributed by atoms with Crippen LogP contribution in [-0.4, -0.2) is 24.4 Å². The Morgan fingerprint density at radius 1 is 1.37 bits per heavy atom. The van der Waals surface area contributed by atoms with E-state index in [0.717, 1.165) is 43.1 Å². The molecule has 0 bridgehead atoms. The van der Waals surface area contributed by atoms with Crippen molar-refractivity contribution in [2.75, 3.05) is 13.6 Å². The van der Waals surface area contributed by atoms with E-state index in [9.17, 15) is 4.79 Å². The van der Waals surface area contributed by atoms with Gasteiger partial charge in [0, 0.05) is 19.5 Å². The van der Waals surface area contributed by atoms with Gasteiger partial charge >= 0.3 is 0 Å². The first-order chi connectivity index (χ1) is 9.06. The van der Waals surface area contributed by atoms with Gasteiger partial charge in [-0.1, -0.05) is 18.6 Å². The number of nitrogens with zero attached hydrogens (tertiary/aromatic N) is 1. The fourth-order valence-electron chi connectivity index (χ4n) is 4.00. The Morgan fingerprint density at radius 2 is 2.11 bits per heavy atom. The van der Waals surface area contributed by atoms with E-state index in [-0.39, 0.29) is 0 Å². The molecule has 0 aromatic heterocycles. The highest BCUT2D eigenvalue weighted by atomic mass is 16.2. The minimum absolute atomic E-state index is 0.376. The van der Waals surface area contributed by atoms with Gasteiger partial charge in [0.05, 0.1) is 0 Å². The summed E-state index contributed by atoms with van der Waals surface area (Å²) < 4.78 is 0. The van der Waals surface area contributed by atoms with Crippen molar-refractivity contribution in [3.63, 3.8) is 0 Å². The molecule has 1 amide bonds. The van der Waals surface area contributed by atoms with E-state index in [1.807, 2.05) is 11.9 Å². The van der Waals surface area contributed by atoms with E-state index in [2.05, 4.69) is 19.9 Å². The molecule has 2 fully saturated rings. The lowest BCUT2D eigenvalue weighted by atomic mass is 9.78. The number of carbonyl (C=O) groups excluding carboxylic acids is 1. The Kier molecular flexibility index (Phi) is 3.44. The second-order valence-corrected chi connectivity index (χ2v) is 7.28. The van der Waals surface area contributed by atoms with Crippen LogP contribution in [0, 0.1) is 29.6 Å². The van der Waals surface area contributed by atoms with Gasteiger partial charge in [0.15, 0.2) is 0 Å². The van der Waals surface area contributed by atoms with Crippen LogP contribution in [0.4, 0.5) is 0 Å². The minimum Gasteiger partial charge on any atom is -0.345 e. The van der Waals surface area contributed by atoms with Crippen LogP contribution in [0.5, 0.6) is 0 Å². The van der Waals surface area contributed by atoms with Gasteiger partial charge in [-0.15, -0.1) is 0 Å². The standard InChI is InChI=1S/C17H27NO/c1-11-4-7-15(12(2)8-11)16-9-14(16)10-18(3)17(19)13-5-6-13/h4,12-16H,5-10H2,1-3H3. The van der Waals surface area contributed by atoms with E-state index in [4.69, 9.17) is 0 Å². The molecule has 2 heteroatoms. The summed E-state index contributed by atoms with van der Waals surface area (Å²) in [6.45, 7) is 5.68. The zero-order chi connectivity index (χ0) is 13.6. The smallest absolute Gasteiger partial charge is 0.225 e. The maximum absolute atomic E-state index is 12.0. The van der Waals surface area contributed by atoms with Crippen LogP contribution >= 0.6 is 0 Å². The van der Waals surface area contributed by atoms with E-state index in [1.54, 1.807) is 5.57 Å². The molecule has 3 aliphatic carbocycles. The molecule has 3 rings (SSSR count). The summed E-state index contributed by atoms with van der Waals surface area (Å²) in [6.07, 6.45) is 8.60. The Labute approximate surface area is 117 Å². The third-order valence-corrected chi connectivity index (χ3v) is 5.45. The summed E-state index contributed by atoms with van der Waals surface area (Å²) >= 11 is 0. The van der Waals surface area contributed by atoms with Gasteiger partial charge in [-0.25, -0.2) is 0 Å². The molecule has 0 N–H and O–H groups in total. The van der Waals surface area contributed by atoms with Gasteiger partial charge in [-0.3, -0.25) is 4.79 Å².